The second-order valence-electron chi connectivity index (χ2n) is 7.84. The quantitative estimate of drug-likeness (QED) is 0.818. The monoisotopic (exact) mass is 398 g/mol. The number of amides is 1. The van der Waals surface area contributed by atoms with E-state index in [0.29, 0.717) is 5.56 Å². The summed E-state index contributed by atoms with van der Waals surface area (Å²) in [6.07, 6.45) is -2.67. The first kappa shape index (κ1) is 20.9. The van der Waals surface area contributed by atoms with E-state index in [1.54, 1.807) is 6.07 Å². The van der Waals surface area contributed by atoms with Crippen LogP contribution in [0.2, 0.25) is 0 Å². The van der Waals surface area contributed by atoms with E-state index >= 15 is 0 Å². The van der Waals surface area contributed by atoms with Crippen molar-refractivity contribution in [3.05, 3.63) is 29.3 Å². The van der Waals surface area contributed by atoms with Gasteiger partial charge in [0.25, 0.3) is 0 Å². The van der Waals surface area contributed by atoms with Gasteiger partial charge in [0.15, 0.2) is 0 Å². The number of likely N-dealkylation sites (N-methyl/N-ethyl adjacent to an activating group) is 1. The molecule has 1 aromatic rings. The van der Waals surface area contributed by atoms with Crippen molar-refractivity contribution in [2.45, 2.75) is 38.5 Å². The van der Waals surface area contributed by atoms with Crippen LogP contribution >= 0.6 is 0 Å². The molecule has 0 radical (unpaired) electrons. The van der Waals surface area contributed by atoms with Crippen molar-refractivity contribution in [3.8, 4) is 0 Å². The molecule has 0 aromatic heterocycles. The van der Waals surface area contributed by atoms with Crippen LogP contribution in [0.3, 0.4) is 0 Å². The highest BCUT2D eigenvalue weighted by molar-refractivity contribution is 5.79. The Balaban J connectivity index is 1.77. The molecule has 1 aromatic carbocycles. The molecule has 2 atom stereocenters. The van der Waals surface area contributed by atoms with Gasteiger partial charge >= 0.3 is 6.18 Å². The van der Waals surface area contributed by atoms with Crippen LogP contribution in [0.15, 0.2) is 18.2 Å². The first-order chi connectivity index (χ1) is 13.3. The number of hydrogen-bond donors (Lipinski definition) is 2. The van der Waals surface area contributed by atoms with Crippen molar-refractivity contribution < 1.29 is 18.0 Å². The summed E-state index contributed by atoms with van der Waals surface area (Å²) in [5.41, 5.74) is 0.614. The Hall–Kier alpha value is -1.80. The molecular weight excluding hydrogens is 369 g/mol. The Morgan fingerprint density at radius 3 is 2.61 bits per heavy atom. The van der Waals surface area contributed by atoms with Gasteiger partial charge in [-0.25, -0.2) is 0 Å². The minimum absolute atomic E-state index is 0.0763. The molecule has 0 aliphatic carbocycles. The van der Waals surface area contributed by atoms with Gasteiger partial charge in [-0.3, -0.25) is 4.79 Å². The lowest BCUT2D eigenvalue weighted by Crippen LogP contribution is -2.47. The third kappa shape index (κ3) is 4.97. The number of rotatable bonds is 4. The van der Waals surface area contributed by atoms with Crippen LogP contribution in [0.1, 0.15) is 30.9 Å². The summed E-state index contributed by atoms with van der Waals surface area (Å²) in [6.45, 7) is 6.21. The number of piperazine rings is 1. The Morgan fingerprint density at radius 2 is 1.96 bits per heavy atom. The number of alkyl halides is 3. The maximum atomic E-state index is 13.2. The predicted molar refractivity (Wildman–Crippen MR) is 103 cm³/mol. The van der Waals surface area contributed by atoms with Crippen molar-refractivity contribution in [3.63, 3.8) is 0 Å². The van der Waals surface area contributed by atoms with Crippen molar-refractivity contribution in [2.75, 3.05) is 44.7 Å². The summed E-state index contributed by atoms with van der Waals surface area (Å²) in [4.78, 5) is 16.9. The number of piperidine rings is 1. The number of carbonyl (C=O) groups is 1. The standard InChI is InChI=1S/C20H29F3N4O/c1-14-17(4-3-7-24-14)19(28)25-13-15-12-16(20(21,22)23)5-6-18(15)27-10-8-26(2)9-11-27/h5-6,12,14,17,24H,3-4,7-11,13H2,1-2H3,(H,25,28)/t14-,17-/m1/s1. The summed E-state index contributed by atoms with van der Waals surface area (Å²) in [7, 11) is 2.03. The van der Waals surface area contributed by atoms with Gasteiger partial charge in [0.1, 0.15) is 0 Å². The van der Waals surface area contributed by atoms with E-state index in [9.17, 15) is 18.0 Å². The van der Waals surface area contributed by atoms with E-state index in [-0.39, 0.29) is 24.4 Å². The van der Waals surface area contributed by atoms with Crippen molar-refractivity contribution in [1.29, 1.82) is 0 Å². The highest BCUT2D eigenvalue weighted by Crippen LogP contribution is 2.33. The van der Waals surface area contributed by atoms with Gasteiger partial charge in [0, 0.05) is 44.5 Å². The summed E-state index contributed by atoms with van der Waals surface area (Å²) < 4.78 is 39.7. The number of halogens is 3. The molecule has 28 heavy (non-hydrogen) atoms. The molecule has 8 heteroatoms. The molecule has 0 spiro atoms. The minimum Gasteiger partial charge on any atom is -0.369 e. The third-order valence-corrected chi connectivity index (χ3v) is 5.80. The molecule has 2 fully saturated rings. The lowest BCUT2D eigenvalue weighted by molar-refractivity contribution is -0.137. The van der Waals surface area contributed by atoms with Crippen LogP contribution in [0.25, 0.3) is 0 Å². The van der Waals surface area contributed by atoms with Crippen molar-refractivity contribution in [2.24, 2.45) is 5.92 Å². The SMILES string of the molecule is C[C@H]1NCCC[C@H]1C(=O)NCc1cc(C(F)(F)F)ccc1N1CCN(C)CC1. The molecule has 2 N–H and O–H groups in total. The number of nitrogens with one attached hydrogen (secondary N) is 2. The van der Waals surface area contributed by atoms with E-state index in [0.717, 1.165) is 57.3 Å². The van der Waals surface area contributed by atoms with Gasteiger partial charge in [0.2, 0.25) is 5.91 Å². The maximum absolute atomic E-state index is 13.2. The maximum Gasteiger partial charge on any atom is 0.416 e. The molecule has 2 aliphatic rings. The number of carbonyl (C=O) groups excluding carboxylic acids is 1. The fourth-order valence-electron chi connectivity index (χ4n) is 3.97. The molecule has 0 saturated carbocycles. The second-order valence-corrected chi connectivity index (χ2v) is 7.84. The van der Waals surface area contributed by atoms with Gasteiger partial charge < -0.3 is 20.4 Å². The van der Waals surface area contributed by atoms with Gasteiger partial charge in [-0.2, -0.15) is 13.2 Å². The van der Waals surface area contributed by atoms with Crippen LogP contribution < -0.4 is 15.5 Å². The molecule has 2 heterocycles. The van der Waals surface area contributed by atoms with Gasteiger partial charge in [-0.1, -0.05) is 0 Å². The Bertz CT molecular complexity index is 687. The topological polar surface area (TPSA) is 47.6 Å². The normalized spacial score (nSPS) is 24.2. The molecule has 1 amide bonds. The predicted octanol–water partition coefficient (Wildman–Crippen LogP) is 2.46. The number of nitrogens with zero attached hydrogens (tertiary/aromatic N) is 2. The van der Waals surface area contributed by atoms with Crippen LogP contribution in [-0.4, -0.2) is 56.6 Å². The summed E-state index contributed by atoms with van der Waals surface area (Å²) >= 11 is 0. The van der Waals surface area contributed by atoms with E-state index in [2.05, 4.69) is 20.4 Å². The summed E-state index contributed by atoms with van der Waals surface area (Å²) in [6, 6.07) is 3.93. The third-order valence-electron chi connectivity index (χ3n) is 5.80. The number of anilines is 1. The van der Waals surface area contributed by atoms with Gasteiger partial charge in [-0.15, -0.1) is 0 Å². The van der Waals surface area contributed by atoms with E-state index < -0.39 is 11.7 Å². The summed E-state index contributed by atoms with van der Waals surface area (Å²) in [5.74, 6) is -0.243. The fraction of sp³-hybridized carbons (Fsp3) is 0.650. The zero-order valence-electron chi connectivity index (χ0n) is 16.5. The van der Waals surface area contributed by atoms with Crippen LogP contribution in [0.5, 0.6) is 0 Å². The number of hydrogen-bond acceptors (Lipinski definition) is 4. The van der Waals surface area contributed by atoms with Crippen molar-refractivity contribution in [1.82, 2.24) is 15.5 Å². The van der Waals surface area contributed by atoms with Crippen molar-refractivity contribution >= 4 is 11.6 Å². The Kier molecular flexibility index (Phi) is 6.50. The van der Waals surface area contributed by atoms with E-state index in [1.165, 1.54) is 6.07 Å². The molecular formula is C20H29F3N4O. The first-order valence-corrected chi connectivity index (χ1v) is 9.90. The Labute approximate surface area is 164 Å². The highest BCUT2D eigenvalue weighted by atomic mass is 19.4. The van der Waals surface area contributed by atoms with Crippen LogP contribution in [-0.2, 0) is 17.5 Å². The zero-order valence-corrected chi connectivity index (χ0v) is 16.5. The lowest BCUT2D eigenvalue weighted by Gasteiger charge is -2.35. The average molecular weight is 398 g/mol. The molecule has 156 valence electrons. The van der Waals surface area contributed by atoms with Crippen LogP contribution in [0.4, 0.5) is 18.9 Å². The zero-order chi connectivity index (χ0) is 20.3. The molecule has 0 unspecified atom stereocenters. The molecule has 2 aliphatic heterocycles. The first-order valence-electron chi connectivity index (χ1n) is 9.90. The summed E-state index contributed by atoms with van der Waals surface area (Å²) in [5, 5.41) is 6.17. The second kappa shape index (κ2) is 8.69. The fourth-order valence-corrected chi connectivity index (χ4v) is 3.97. The lowest BCUT2D eigenvalue weighted by atomic mass is 9.91. The Morgan fingerprint density at radius 1 is 1.25 bits per heavy atom. The van der Waals surface area contributed by atoms with Gasteiger partial charge in [0.05, 0.1) is 11.5 Å². The van der Waals surface area contributed by atoms with E-state index in [4.69, 9.17) is 0 Å². The van der Waals surface area contributed by atoms with Crippen LogP contribution in [0, 0.1) is 5.92 Å². The molecule has 5 nitrogen and oxygen atoms in total. The largest absolute Gasteiger partial charge is 0.416 e. The molecule has 2 saturated heterocycles. The minimum atomic E-state index is -4.40. The highest BCUT2D eigenvalue weighted by Gasteiger charge is 2.32. The smallest absolute Gasteiger partial charge is 0.369 e. The number of benzene rings is 1. The average Bonchev–Trinajstić information content (AvgIpc) is 2.66. The molecule has 0 bridgehead atoms. The molecule has 3 rings (SSSR count). The van der Waals surface area contributed by atoms with Gasteiger partial charge in [-0.05, 0) is 57.1 Å². The van der Waals surface area contributed by atoms with E-state index in [1.807, 2.05) is 14.0 Å².